The summed E-state index contributed by atoms with van der Waals surface area (Å²) >= 11 is 0. The minimum absolute atomic E-state index is 0.0429. The number of nitrogens with zero attached hydrogens (tertiary/aromatic N) is 5. The van der Waals surface area contributed by atoms with Crippen molar-refractivity contribution in [1.82, 2.24) is 9.63 Å². The maximum absolute atomic E-state index is 13.0. The van der Waals surface area contributed by atoms with E-state index in [0.717, 1.165) is 5.69 Å². The van der Waals surface area contributed by atoms with Gasteiger partial charge in [-0.2, -0.15) is 0 Å². The maximum atomic E-state index is 13.0. The van der Waals surface area contributed by atoms with E-state index >= 15 is 0 Å². The minimum atomic E-state index is -0.454. The number of Topliss-reactive ketones (excluding diaryl/α,β-unsaturated/α-hetero) is 1. The fourth-order valence-electron chi connectivity index (χ4n) is 3.93. The molecule has 0 radical (unpaired) electrons. The van der Waals surface area contributed by atoms with Crippen molar-refractivity contribution in [1.29, 1.82) is 0 Å². The average molecular weight is 423 g/mol. The normalized spacial score (nSPS) is 14.7. The number of non-ortho nitro benzene ring substituents is 1. The lowest BCUT2D eigenvalue weighted by Gasteiger charge is -2.36. The van der Waals surface area contributed by atoms with E-state index in [-0.39, 0.29) is 34.7 Å². The van der Waals surface area contributed by atoms with Gasteiger partial charge in [-0.1, -0.05) is 12.1 Å². The van der Waals surface area contributed by atoms with Crippen molar-refractivity contribution in [3.8, 4) is 0 Å². The molecule has 1 fully saturated rings. The third-order valence-electron chi connectivity index (χ3n) is 5.55. The molecule has 10 heteroatoms. The van der Waals surface area contributed by atoms with E-state index in [0.29, 0.717) is 35.3 Å². The second-order valence-corrected chi connectivity index (χ2v) is 7.47. The number of hydrogen-bond acceptors (Lipinski definition) is 7. The molecule has 2 aromatic carbocycles. The molecule has 1 saturated heterocycles. The molecule has 160 valence electrons. The van der Waals surface area contributed by atoms with Crippen LogP contribution in [0.4, 0.5) is 11.4 Å². The quantitative estimate of drug-likeness (QED) is 0.267. The molecule has 0 amide bonds. The Morgan fingerprint density at radius 2 is 1.71 bits per heavy atom. The molecule has 0 bridgehead atoms. The first-order chi connectivity index (χ1) is 14.9. The van der Waals surface area contributed by atoms with E-state index in [1.54, 1.807) is 30.3 Å². The largest absolute Gasteiger partial charge is 0.805 e. The second kappa shape index (κ2) is 8.15. The van der Waals surface area contributed by atoms with Crippen LogP contribution in [0.15, 0.2) is 48.5 Å². The number of para-hydroxylation sites is 2. The SMILES string of the molecule is CC(=O)c1c(CN2CCN(c3ccc([N+](=O)[O-])cc3)CC2)n([O-])c2ccccc2[n+]1=O. The van der Waals surface area contributed by atoms with E-state index in [1.165, 1.54) is 25.1 Å². The molecule has 0 saturated carbocycles. The first-order valence-corrected chi connectivity index (χ1v) is 9.86. The number of carbonyl (C=O) groups is 1. The number of ketones is 1. The molecular weight excluding hydrogens is 402 g/mol. The highest BCUT2D eigenvalue weighted by Gasteiger charge is 2.28. The summed E-state index contributed by atoms with van der Waals surface area (Å²) in [4.78, 5) is 39.5. The van der Waals surface area contributed by atoms with Gasteiger partial charge in [-0.3, -0.25) is 19.8 Å². The predicted octanol–water partition coefficient (Wildman–Crippen LogP) is 2.33. The van der Waals surface area contributed by atoms with Crippen LogP contribution in [0.1, 0.15) is 23.1 Å². The molecule has 1 aliphatic rings. The monoisotopic (exact) mass is 423 g/mol. The van der Waals surface area contributed by atoms with Gasteiger partial charge >= 0.3 is 5.69 Å². The van der Waals surface area contributed by atoms with Crippen LogP contribution in [0.3, 0.4) is 0 Å². The van der Waals surface area contributed by atoms with Crippen LogP contribution in [0.5, 0.6) is 0 Å². The first kappa shape index (κ1) is 20.5. The highest BCUT2D eigenvalue weighted by molar-refractivity contribution is 5.93. The molecule has 0 atom stereocenters. The Hall–Kier alpha value is -3.79. The lowest BCUT2D eigenvalue weighted by atomic mass is 10.1. The van der Waals surface area contributed by atoms with Crippen LogP contribution in [-0.2, 0) is 6.54 Å². The van der Waals surface area contributed by atoms with Crippen molar-refractivity contribution >= 4 is 28.2 Å². The summed E-state index contributed by atoms with van der Waals surface area (Å²) in [6.45, 7) is 3.99. The summed E-state index contributed by atoms with van der Waals surface area (Å²) in [6, 6.07) is 12.8. The summed E-state index contributed by atoms with van der Waals surface area (Å²) in [6.07, 6.45) is 0. The Bertz CT molecular complexity index is 1210. The molecule has 10 nitrogen and oxygen atoms in total. The summed E-state index contributed by atoms with van der Waals surface area (Å²) in [7, 11) is 0. The average Bonchev–Trinajstić information content (AvgIpc) is 2.77. The minimum Gasteiger partial charge on any atom is -0.805 e. The van der Waals surface area contributed by atoms with Crippen LogP contribution in [0, 0.1) is 20.2 Å². The Kier molecular flexibility index (Phi) is 5.38. The standard InChI is InChI=1S/C21H21N5O5/c1-15(27)21-20(24(28)18-4-2-3-5-19(18)25(21)29)14-22-10-12-23(13-11-22)16-6-8-17(9-7-16)26(30)31/h2-9H,10-14H2,1H3. The number of nitro benzene ring substituents is 1. The van der Waals surface area contributed by atoms with Gasteiger partial charge < -0.3 is 14.8 Å². The third-order valence-corrected chi connectivity index (χ3v) is 5.55. The first-order valence-electron chi connectivity index (χ1n) is 9.86. The molecule has 31 heavy (non-hydrogen) atoms. The molecule has 1 aromatic heterocycles. The van der Waals surface area contributed by atoms with E-state index in [2.05, 4.69) is 4.90 Å². The second-order valence-electron chi connectivity index (χ2n) is 7.47. The van der Waals surface area contributed by atoms with Gasteiger partial charge in [0, 0.05) is 68.4 Å². The van der Waals surface area contributed by atoms with Gasteiger partial charge in [-0.15, -0.1) is 0 Å². The van der Waals surface area contributed by atoms with Crippen molar-refractivity contribution in [2.75, 3.05) is 31.1 Å². The van der Waals surface area contributed by atoms with E-state index < -0.39 is 10.7 Å². The Morgan fingerprint density at radius 1 is 1.06 bits per heavy atom. The summed E-state index contributed by atoms with van der Waals surface area (Å²) in [5.74, 6) is -0.454. The molecular formula is C21H21N5O5. The smallest absolute Gasteiger partial charge is 0.326 e. The van der Waals surface area contributed by atoms with Crippen LogP contribution in [-0.4, -0.2) is 46.5 Å². The number of nitro groups is 1. The van der Waals surface area contributed by atoms with Gasteiger partial charge in [-0.05, 0) is 18.2 Å². The maximum Gasteiger partial charge on any atom is 0.326 e. The number of benzene rings is 2. The predicted molar refractivity (Wildman–Crippen MR) is 115 cm³/mol. The van der Waals surface area contributed by atoms with Crippen molar-refractivity contribution in [3.63, 3.8) is 0 Å². The highest BCUT2D eigenvalue weighted by Crippen LogP contribution is 2.22. The Balaban J connectivity index is 1.55. The number of hydrogen-bond donors (Lipinski definition) is 0. The van der Waals surface area contributed by atoms with Crippen LogP contribution in [0.2, 0.25) is 0 Å². The number of aromatic nitrogens is 2. The number of carbonyl (C=O) groups excluding carboxylic acids is 1. The summed E-state index contributed by atoms with van der Waals surface area (Å²) < 4.78 is 1.23. The summed E-state index contributed by atoms with van der Waals surface area (Å²) in [5, 5.41) is 23.8. The zero-order valence-corrected chi connectivity index (χ0v) is 16.9. The van der Waals surface area contributed by atoms with E-state index in [4.69, 9.17) is 0 Å². The lowest BCUT2D eigenvalue weighted by Crippen LogP contribution is -2.46. The van der Waals surface area contributed by atoms with Gasteiger partial charge in [0.25, 0.3) is 11.2 Å². The van der Waals surface area contributed by atoms with Gasteiger partial charge in [0.15, 0.2) is 0 Å². The van der Waals surface area contributed by atoms with Gasteiger partial charge in [0.2, 0.25) is 5.78 Å². The molecule has 0 N–H and O–H groups in total. The van der Waals surface area contributed by atoms with Crippen molar-refractivity contribution < 1.29 is 14.1 Å². The Morgan fingerprint density at radius 3 is 2.32 bits per heavy atom. The van der Waals surface area contributed by atoms with Crippen molar-refractivity contribution in [2.45, 2.75) is 13.5 Å². The lowest BCUT2D eigenvalue weighted by molar-refractivity contribution is -0.468. The molecule has 3 aromatic rings. The highest BCUT2D eigenvalue weighted by atomic mass is 16.6. The number of piperazine rings is 1. The van der Waals surface area contributed by atoms with Crippen molar-refractivity contribution in [2.24, 2.45) is 0 Å². The van der Waals surface area contributed by atoms with Crippen LogP contribution >= 0.6 is 0 Å². The van der Waals surface area contributed by atoms with Gasteiger partial charge in [-0.25, -0.2) is 0 Å². The fraction of sp³-hybridized carbons (Fsp3) is 0.286. The Labute approximate surface area is 177 Å². The molecule has 4 rings (SSSR count). The fourth-order valence-corrected chi connectivity index (χ4v) is 3.93. The van der Waals surface area contributed by atoms with Crippen molar-refractivity contribution in [3.05, 3.63) is 80.1 Å². The zero-order chi connectivity index (χ0) is 22.1. The number of rotatable bonds is 5. The third kappa shape index (κ3) is 3.84. The van der Waals surface area contributed by atoms with Gasteiger partial charge in [0.1, 0.15) is 11.2 Å². The number of fused-ring (bicyclic) bond motifs is 1. The van der Waals surface area contributed by atoms with E-state index in [9.17, 15) is 25.0 Å². The summed E-state index contributed by atoms with van der Waals surface area (Å²) in [5.41, 5.74) is 1.32. The molecule has 0 unspecified atom stereocenters. The van der Waals surface area contributed by atoms with E-state index in [1.807, 2.05) is 4.90 Å². The molecule has 2 heterocycles. The van der Waals surface area contributed by atoms with Gasteiger partial charge in [0.05, 0.1) is 9.35 Å². The molecule has 0 aliphatic carbocycles. The van der Waals surface area contributed by atoms with Crippen LogP contribution < -0.4 is 9.33 Å². The molecule has 0 spiro atoms. The zero-order valence-electron chi connectivity index (χ0n) is 16.9. The van der Waals surface area contributed by atoms with Crippen LogP contribution in [0.25, 0.3) is 11.0 Å². The topological polar surface area (TPSA) is 118 Å². The number of anilines is 1. The molecule has 1 aliphatic heterocycles.